The number of carbonyl (C=O) groups is 1. The van der Waals surface area contributed by atoms with E-state index in [1.807, 2.05) is 36.7 Å². The van der Waals surface area contributed by atoms with Crippen molar-refractivity contribution < 1.29 is 4.79 Å². The van der Waals surface area contributed by atoms with E-state index in [0.717, 1.165) is 30.9 Å². The quantitative estimate of drug-likeness (QED) is 0.759. The number of thiazole rings is 1. The molecule has 1 atom stereocenters. The van der Waals surface area contributed by atoms with Gasteiger partial charge in [-0.15, -0.1) is 21.5 Å². The van der Waals surface area contributed by atoms with Gasteiger partial charge in [-0.25, -0.2) is 9.67 Å². The van der Waals surface area contributed by atoms with Crippen molar-refractivity contribution in [1.29, 1.82) is 0 Å². The maximum atomic E-state index is 12.5. The van der Waals surface area contributed by atoms with Gasteiger partial charge < -0.3 is 10.2 Å². The number of aromatic nitrogens is 5. The molecule has 1 fully saturated rings. The highest BCUT2D eigenvalue weighted by molar-refractivity contribution is 7.13. The molecule has 1 amide bonds. The molecule has 0 radical (unpaired) electrons. The maximum Gasteiger partial charge on any atom is 0.231 e. The molecule has 1 N–H and O–H groups in total. The highest BCUT2D eigenvalue weighted by Crippen LogP contribution is 2.23. The predicted molar refractivity (Wildman–Crippen MR) is 99.6 cm³/mol. The molecule has 3 aromatic rings. The van der Waals surface area contributed by atoms with Crippen molar-refractivity contribution in [1.82, 2.24) is 25.0 Å². The first-order valence-electron chi connectivity index (χ1n) is 8.51. The molecule has 0 aliphatic carbocycles. The molecule has 1 saturated heterocycles. The molecule has 1 aliphatic rings. The first-order valence-corrected chi connectivity index (χ1v) is 9.39. The van der Waals surface area contributed by atoms with E-state index in [9.17, 15) is 4.79 Å². The summed E-state index contributed by atoms with van der Waals surface area (Å²) in [6.45, 7) is 3.42. The van der Waals surface area contributed by atoms with Gasteiger partial charge in [-0.05, 0) is 38.0 Å². The third-order valence-electron chi connectivity index (χ3n) is 4.34. The van der Waals surface area contributed by atoms with Gasteiger partial charge in [-0.2, -0.15) is 5.10 Å². The highest BCUT2D eigenvalue weighted by atomic mass is 32.1. The highest BCUT2D eigenvalue weighted by Gasteiger charge is 2.27. The lowest BCUT2D eigenvalue weighted by Gasteiger charge is -2.32. The Kier molecular flexibility index (Phi) is 4.61. The van der Waals surface area contributed by atoms with Crippen LogP contribution in [0.15, 0.2) is 36.0 Å². The van der Waals surface area contributed by atoms with Crippen LogP contribution in [0.2, 0.25) is 0 Å². The average molecular weight is 369 g/mol. The topological polar surface area (TPSA) is 88.8 Å². The van der Waals surface area contributed by atoms with Crippen LogP contribution in [0, 0.1) is 12.8 Å². The standard InChI is InChI=1S/C17H19N7OS/c1-12-11-26-17(19-12)20-16(25)13-4-2-8-23(10-13)14-5-6-15(22-21-14)24-9-3-7-18-24/h3,5-7,9,11,13H,2,4,8,10H2,1H3,(H,19,20,25). The number of rotatable bonds is 4. The van der Waals surface area contributed by atoms with Crippen molar-refractivity contribution >= 4 is 28.2 Å². The minimum Gasteiger partial charge on any atom is -0.354 e. The summed E-state index contributed by atoms with van der Waals surface area (Å²) in [6.07, 6.45) is 5.34. The van der Waals surface area contributed by atoms with Crippen LogP contribution < -0.4 is 10.2 Å². The van der Waals surface area contributed by atoms with Crippen LogP contribution in [0.5, 0.6) is 0 Å². The Morgan fingerprint density at radius 1 is 1.31 bits per heavy atom. The number of amides is 1. The van der Waals surface area contributed by atoms with E-state index in [1.165, 1.54) is 11.3 Å². The molecule has 4 heterocycles. The molecule has 1 unspecified atom stereocenters. The normalized spacial score (nSPS) is 17.3. The van der Waals surface area contributed by atoms with E-state index in [-0.39, 0.29) is 11.8 Å². The van der Waals surface area contributed by atoms with Crippen molar-refractivity contribution in [3.8, 4) is 5.82 Å². The smallest absolute Gasteiger partial charge is 0.231 e. The first kappa shape index (κ1) is 16.6. The van der Waals surface area contributed by atoms with Crippen LogP contribution in [0.25, 0.3) is 5.82 Å². The second-order valence-electron chi connectivity index (χ2n) is 6.27. The van der Waals surface area contributed by atoms with Crippen LogP contribution >= 0.6 is 11.3 Å². The Hall–Kier alpha value is -2.81. The van der Waals surface area contributed by atoms with Gasteiger partial charge in [0.1, 0.15) is 0 Å². The number of aryl methyl sites for hydroxylation is 1. The monoisotopic (exact) mass is 369 g/mol. The fourth-order valence-corrected chi connectivity index (χ4v) is 3.72. The number of hydrogen-bond donors (Lipinski definition) is 1. The fraction of sp³-hybridized carbons (Fsp3) is 0.353. The summed E-state index contributed by atoms with van der Waals surface area (Å²) in [4.78, 5) is 19.0. The van der Waals surface area contributed by atoms with Crippen molar-refractivity contribution in [3.05, 3.63) is 41.7 Å². The van der Waals surface area contributed by atoms with Crippen LogP contribution in [-0.2, 0) is 4.79 Å². The lowest BCUT2D eigenvalue weighted by atomic mass is 9.97. The first-order chi connectivity index (χ1) is 12.7. The van der Waals surface area contributed by atoms with Crippen LogP contribution in [-0.4, -0.2) is 44.0 Å². The van der Waals surface area contributed by atoms with E-state index in [0.29, 0.717) is 17.5 Å². The third-order valence-corrected chi connectivity index (χ3v) is 5.22. The van der Waals surface area contributed by atoms with Gasteiger partial charge in [0.2, 0.25) is 5.91 Å². The van der Waals surface area contributed by atoms with Gasteiger partial charge >= 0.3 is 0 Å². The molecule has 1 aliphatic heterocycles. The third kappa shape index (κ3) is 3.57. The Balaban J connectivity index is 1.42. The Bertz CT molecular complexity index is 875. The van der Waals surface area contributed by atoms with Gasteiger partial charge in [0.25, 0.3) is 0 Å². The largest absolute Gasteiger partial charge is 0.354 e. The zero-order valence-corrected chi connectivity index (χ0v) is 15.2. The second kappa shape index (κ2) is 7.20. The number of nitrogens with zero attached hydrogens (tertiary/aromatic N) is 6. The van der Waals surface area contributed by atoms with Crippen LogP contribution in [0.3, 0.4) is 0 Å². The summed E-state index contributed by atoms with van der Waals surface area (Å²) in [7, 11) is 0. The number of anilines is 2. The SMILES string of the molecule is Cc1csc(NC(=O)C2CCCN(c3ccc(-n4cccn4)nn3)C2)n1. The lowest BCUT2D eigenvalue weighted by molar-refractivity contribution is -0.120. The molecule has 26 heavy (non-hydrogen) atoms. The zero-order chi connectivity index (χ0) is 17.9. The molecule has 0 spiro atoms. The Morgan fingerprint density at radius 3 is 2.85 bits per heavy atom. The van der Waals surface area contributed by atoms with E-state index in [2.05, 4.69) is 30.5 Å². The van der Waals surface area contributed by atoms with E-state index >= 15 is 0 Å². The summed E-state index contributed by atoms with van der Waals surface area (Å²) in [5.41, 5.74) is 0.920. The second-order valence-corrected chi connectivity index (χ2v) is 7.13. The van der Waals surface area contributed by atoms with E-state index in [4.69, 9.17) is 0 Å². The number of hydrogen-bond acceptors (Lipinski definition) is 7. The summed E-state index contributed by atoms with van der Waals surface area (Å²) >= 11 is 1.45. The summed E-state index contributed by atoms with van der Waals surface area (Å²) in [5, 5.41) is 18.2. The summed E-state index contributed by atoms with van der Waals surface area (Å²) in [5.74, 6) is 1.39. The zero-order valence-electron chi connectivity index (χ0n) is 14.4. The maximum absolute atomic E-state index is 12.5. The minimum atomic E-state index is -0.0828. The van der Waals surface area contributed by atoms with Gasteiger partial charge in [0.05, 0.1) is 11.6 Å². The van der Waals surface area contributed by atoms with Crippen molar-refractivity contribution in [2.45, 2.75) is 19.8 Å². The number of nitrogens with one attached hydrogen (secondary N) is 1. The van der Waals surface area contributed by atoms with Gasteiger partial charge in [-0.1, -0.05) is 0 Å². The molecule has 134 valence electrons. The molecule has 0 bridgehead atoms. The van der Waals surface area contributed by atoms with E-state index < -0.39 is 0 Å². The molecule has 3 aromatic heterocycles. The molecular formula is C17H19N7OS. The minimum absolute atomic E-state index is 0.0187. The molecule has 0 saturated carbocycles. The van der Waals surface area contributed by atoms with Crippen LogP contribution in [0.1, 0.15) is 18.5 Å². The van der Waals surface area contributed by atoms with Crippen molar-refractivity contribution in [2.75, 3.05) is 23.3 Å². The number of carbonyl (C=O) groups excluding carboxylic acids is 1. The Labute approximate surface area is 154 Å². The predicted octanol–water partition coefficient (Wildman–Crippen LogP) is 2.28. The van der Waals surface area contributed by atoms with Crippen LogP contribution in [0.4, 0.5) is 10.9 Å². The molecule has 8 nitrogen and oxygen atoms in total. The van der Waals surface area contributed by atoms with Crippen molar-refractivity contribution in [3.63, 3.8) is 0 Å². The Morgan fingerprint density at radius 2 is 2.15 bits per heavy atom. The molecular weight excluding hydrogens is 350 g/mol. The van der Waals surface area contributed by atoms with Gasteiger partial charge in [0, 0.05) is 30.9 Å². The van der Waals surface area contributed by atoms with Gasteiger partial charge in [0.15, 0.2) is 16.8 Å². The number of piperidine rings is 1. The average Bonchev–Trinajstić information content (AvgIpc) is 3.34. The van der Waals surface area contributed by atoms with Gasteiger partial charge in [-0.3, -0.25) is 4.79 Å². The summed E-state index contributed by atoms with van der Waals surface area (Å²) < 4.78 is 1.67. The molecule has 0 aromatic carbocycles. The fourth-order valence-electron chi connectivity index (χ4n) is 3.03. The summed E-state index contributed by atoms with van der Waals surface area (Å²) in [6, 6.07) is 5.65. The van der Waals surface area contributed by atoms with Crippen molar-refractivity contribution in [2.24, 2.45) is 5.92 Å². The molecule has 9 heteroatoms. The lowest BCUT2D eigenvalue weighted by Crippen LogP contribution is -2.41. The molecule has 4 rings (SSSR count). The van der Waals surface area contributed by atoms with E-state index in [1.54, 1.807) is 10.9 Å².